The summed E-state index contributed by atoms with van der Waals surface area (Å²) >= 11 is 0. The van der Waals surface area contributed by atoms with Gasteiger partial charge in [0.25, 0.3) is 5.56 Å². The van der Waals surface area contributed by atoms with Gasteiger partial charge in [0.05, 0.1) is 42.6 Å². The standard InChI is InChI=1S/C22H30N4O4/c1-17(14-24-10-12-30-13-11-24)20(27)25-8-6-22(29,7-9-25)15-26-16-23-19-5-3-2-4-18(19)21(26)28/h2-5,16-17,29H,6-15H2,1H3/t17-/m1/s1. The molecule has 8 nitrogen and oxygen atoms in total. The Morgan fingerprint density at radius 1 is 1.20 bits per heavy atom. The van der Waals surface area contributed by atoms with E-state index in [2.05, 4.69) is 9.88 Å². The Labute approximate surface area is 176 Å². The summed E-state index contributed by atoms with van der Waals surface area (Å²) < 4.78 is 6.86. The van der Waals surface area contributed by atoms with E-state index in [1.54, 1.807) is 12.1 Å². The smallest absolute Gasteiger partial charge is 0.261 e. The molecule has 30 heavy (non-hydrogen) atoms. The van der Waals surface area contributed by atoms with Crippen molar-refractivity contribution in [3.05, 3.63) is 40.9 Å². The lowest BCUT2D eigenvalue weighted by Crippen LogP contribution is -2.52. The van der Waals surface area contributed by atoms with Crippen molar-refractivity contribution < 1.29 is 14.6 Å². The largest absolute Gasteiger partial charge is 0.388 e. The number of ether oxygens (including phenoxy) is 1. The molecule has 0 unspecified atom stereocenters. The molecule has 0 saturated carbocycles. The molecule has 1 aromatic carbocycles. The van der Waals surface area contributed by atoms with Crippen LogP contribution in [0.3, 0.4) is 0 Å². The second-order valence-electron chi connectivity index (χ2n) is 8.56. The number of morpholine rings is 1. The van der Waals surface area contributed by atoms with Crippen molar-refractivity contribution in [3.8, 4) is 0 Å². The number of aromatic nitrogens is 2. The van der Waals surface area contributed by atoms with Crippen LogP contribution in [0.15, 0.2) is 35.4 Å². The van der Waals surface area contributed by atoms with Gasteiger partial charge in [-0.2, -0.15) is 0 Å². The predicted octanol–water partition coefficient (Wildman–Crippen LogP) is 0.718. The van der Waals surface area contributed by atoms with Gasteiger partial charge in [0.2, 0.25) is 5.91 Å². The summed E-state index contributed by atoms with van der Waals surface area (Å²) in [4.78, 5) is 34.0. The Bertz CT molecular complexity index is 946. The Balaban J connectivity index is 1.35. The van der Waals surface area contributed by atoms with E-state index >= 15 is 0 Å². The Hall–Kier alpha value is -2.29. The summed E-state index contributed by atoms with van der Waals surface area (Å²) in [6.07, 6.45) is 2.40. The quantitative estimate of drug-likeness (QED) is 0.776. The van der Waals surface area contributed by atoms with Gasteiger partial charge in [0.15, 0.2) is 0 Å². The fraction of sp³-hybridized carbons (Fsp3) is 0.591. The SMILES string of the molecule is C[C@H](CN1CCOCC1)C(=O)N1CCC(O)(Cn2cnc3ccccc3c2=O)CC1. The minimum atomic E-state index is -1.02. The lowest BCUT2D eigenvalue weighted by molar-refractivity contribution is -0.140. The number of carbonyl (C=O) groups is 1. The maximum Gasteiger partial charge on any atom is 0.261 e. The van der Waals surface area contributed by atoms with Gasteiger partial charge in [-0.05, 0) is 25.0 Å². The summed E-state index contributed by atoms with van der Waals surface area (Å²) in [5.74, 6) is 0.0506. The molecule has 0 radical (unpaired) electrons. The zero-order valence-electron chi connectivity index (χ0n) is 17.5. The van der Waals surface area contributed by atoms with Crippen LogP contribution in [0.25, 0.3) is 10.9 Å². The number of amides is 1. The van der Waals surface area contributed by atoms with Crippen LogP contribution >= 0.6 is 0 Å². The molecule has 0 aliphatic carbocycles. The highest BCUT2D eigenvalue weighted by Gasteiger charge is 2.36. The predicted molar refractivity (Wildman–Crippen MR) is 113 cm³/mol. The van der Waals surface area contributed by atoms with E-state index in [0.717, 1.165) is 32.8 Å². The summed E-state index contributed by atoms with van der Waals surface area (Å²) in [5.41, 5.74) is -0.509. The van der Waals surface area contributed by atoms with E-state index in [4.69, 9.17) is 4.74 Å². The maximum absolute atomic E-state index is 12.9. The van der Waals surface area contributed by atoms with Crippen LogP contribution < -0.4 is 5.56 Å². The first-order valence-electron chi connectivity index (χ1n) is 10.7. The van der Waals surface area contributed by atoms with Crippen LogP contribution in [-0.4, -0.2) is 81.9 Å². The Morgan fingerprint density at radius 3 is 2.63 bits per heavy atom. The molecule has 3 heterocycles. The second kappa shape index (κ2) is 8.83. The number of benzene rings is 1. The number of piperidine rings is 1. The second-order valence-corrected chi connectivity index (χ2v) is 8.56. The van der Waals surface area contributed by atoms with E-state index < -0.39 is 5.60 Å². The van der Waals surface area contributed by atoms with Gasteiger partial charge in [0, 0.05) is 38.6 Å². The molecule has 2 aromatic rings. The molecule has 2 aliphatic rings. The van der Waals surface area contributed by atoms with E-state index in [0.29, 0.717) is 36.8 Å². The number of hydrogen-bond acceptors (Lipinski definition) is 6. The van der Waals surface area contributed by atoms with Gasteiger partial charge in [-0.25, -0.2) is 4.98 Å². The molecule has 2 saturated heterocycles. The zero-order valence-corrected chi connectivity index (χ0v) is 17.5. The molecule has 1 N–H and O–H groups in total. The molecule has 162 valence electrons. The summed E-state index contributed by atoms with van der Waals surface area (Å²) in [5, 5.41) is 11.6. The van der Waals surface area contributed by atoms with Gasteiger partial charge in [0.1, 0.15) is 0 Å². The van der Waals surface area contributed by atoms with Gasteiger partial charge >= 0.3 is 0 Å². The topological polar surface area (TPSA) is 87.9 Å². The molecule has 8 heteroatoms. The molecular formula is C22H30N4O4. The van der Waals surface area contributed by atoms with E-state index in [-0.39, 0.29) is 23.9 Å². The number of hydrogen-bond donors (Lipinski definition) is 1. The third-order valence-electron chi connectivity index (χ3n) is 6.26. The van der Waals surface area contributed by atoms with Crippen LogP contribution in [-0.2, 0) is 16.1 Å². The number of para-hydroxylation sites is 1. The summed E-state index contributed by atoms with van der Waals surface area (Å²) in [6.45, 7) is 7.07. The van der Waals surface area contributed by atoms with Crippen LogP contribution in [0.4, 0.5) is 0 Å². The lowest BCUT2D eigenvalue weighted by atomic mass is 9.90. The van der Waals surface area contributed by atoms with Crippen molar-refractivity contribution in [1.82, 2.24) is 19.4 Å². The molecule has 0 spiro atoms. The third-order valence-corrected chi connectivity index (χ3v) is 6.26. The van der Waals surface area contributed by atoms with Gasteiger partial charge in [-0.15, -0.1) is 0 Å². The maximum atomic E-state index is 12.9. The van der Waals surface area contributed by atoms with Crippen molar-refractivity contribution >= 4 is 16.8 Å². The fourth-order valence-corrected chi connectivity index (χ4v) is 4.40. The van der Waals surface area contributed by atoms with Crippen LogP contribution in [0.1, 0.15) is 19.8 Å². The third kappa shape index (κ3) is 4.55. The van der Waals surface area contributed by atoms with E-state index in [1.807, 2.05) is 24.0 Å². The monoisotopic (exact) mass is 414 g/mol. The number of aliphatic hydroxyl groups is 1. The van der Waals surface area contributed by atoms with Gasteiger partial charge in [-0.3, -0.25) is 19.1 Å². The first-order chi connectivity index (χ1) is 14.5. The Morgan fingerprint density at radius 2 is 1.90 bits per heavy atom. The summed E-state index contributed by atoms with van der Waals surface area (Å²) in [6, 6.07) is 7.21. The first kappa shape index (κ1) is 21.0. The highest BCUT2D eigenvalue weighted by atomic mass is 16.5. The number of nitrogens with zero attached hydrogens (tertiary/aromatic N) is 4. The normalized spacial score (nSPS) is 20.9. The number of rotatable bonds is 5. The average molecular weight is 415 g/mol. The van der Waals surface area contributed by atoms with Gasteiger partial charge < -0.3 is 14.7 Å². The average Bonchev–Trinajstić information content (AvgIpc) is 2.76. The molecular weight excluding hydrogens is 384 g/mol. The molecule has 1 amide bonds. The highest BCUT2D eigenvalue weighted by molar-refractivity contribution is 5.79. The molecule has 2 fully saturated rings. The van der Waals surface area contributed by atoms with Crippen molar-refractivity contribution in [2.45, 2.75) is 31.9 Å². The molecule has 4 rings (SSSR count). The van der Waals surface area contributed by atoms with Crippen molar-refractivity contribution in [2.24, 2.45) is 5.92 Å². The van der Waals surface area contributed by atoms with Crippen LogP contribution in [0.5, 0.6) is 0 Å². The molecule has 1 aromatic heterocycles. The van der Waals surface area contributed by atoms with Gasteiger partial charge in [-0.1, -0.05) is 19.1 Å². The van der Waals surface area contributed by atoms with Crippen molar-refractivity contribution in [1.29, 1.82) is 0 Å². The molecule has 2 aliphatic heterocycles. The minimum Gasteiger partial charge on any atom is -0.388 e. The van der Waals surface area contributed by atoms with E-state index in [1.165, 1.54) is 10.9 Å². The zero-order chi connectivity index (χ0) is 21.1. The number of carbonyl (C=O) groups excluding carboxylic acids is 1. The van der Waals surface area contributed by atoms with E-state index in [9.17, 15) is 14.7 Å². The number of fused-ring (bicyclic) bond motifs is 1. The first-order valence-corrected chi connectivity index (χ1v) is 10.7. The van der Waals surface area contributed by atoms with Crippen molar-refractivity contribution in [3.63, 3.8) is 0 Å². The minimum absolute atomic E-state index is 0.0819. The van der Waals surface area contributed by atoms with Crippen molar-refractivity contribution in [2.75, 3.05) is 45.9 Å². The highest BCUT2D eigenvalue weighted by Crippen LogP contribution is 2.25. The summed E-state index contributed by atoms with van der Waals surface area (Å²) in [7, 11) is 0. The number of likely N-dealkylation sites (tertiary alicyclic amines) is 1. The fourth-order valence-electron chi connectivity index (χ4n) is 4.40. The molecule has 0 bridgehead atoms. The van der Waals surface area contributed by atoms with Crippen LogP contribution in [0, 0.1) is 5.92 Å². The van der Waals surface area contributed by atoms with Crippen LogP contribution in [0.2, 0.25) is 0 Å². The molecule has 1 atom stereocenters. The lowest BCUT2D eigenvalue weighted by Gasteiger charge is -2.39. The Kier molecular flexibility index (Phi) is 6.17.